The highest BCUT2D eigenvalue weighted by Crippen LogP contribution is 2.35. The topological polar surface area (TPSA) is 54.1 Å². The molecule has 6 heteroatoms. The number of halogens is 2. The lowest BCUT2D eigenvalue weighted by atomic mass is 10.1. The van der Waals surface area contributed by atoms with E-state index in [-0.39, 0.29) is 22.2 Å². The van der Waals surface area contributed by atoms with Crippen molar-refractivity contribution in [3.8, 4) is 5.75 Å². The molecule has 0 bridgehead atoms. The molecule has 0 atom stereocenters. The van der Waals surface area contributed by atoms with Gasteiger partial charge in [0.2, 0.25) is 0 Å². The number of nitrogens with one attached hydrogen (secondary N) is 2. The van der Waals surface area contributed by atoms with Gasteiger partial charge < -0.3 is 15.0 Å². The number of hydrogen-bond acceptors (Lipinski definition) is 2. The van der Waals surface area contributed by atoms with Crippen LogP contribution in [0.3, 0.4) is 0 Å². The molecule has 2 aromatic carbocycles. The predicted molar refractivity (Wildman–Crippen MR) is 94.0 cm³/mol. The summed E-state index contributed by atoms with van der Waals surface area (Å²) in [6, 6.07) is 10.8. The molecule has 0 radical (unpaired) electrons. The maximum Gasteiger partial charge on any atom is 0.261 e. The van der Waals surface area contributed by atoms with Crippen molar-refractivity contribution in [1.29, 1.82) is 0 Å². The summed E-state index contributed by atoms with van der Waals surface area (Å²) in [6.45, 7) is 1.96. The number of benzene rings is 2. The molecule has 0 saturated carbocycles. The summed E-state index contributed by atoms with van der Waals surface area (Å²) < 4.78 is 5.22. The number of rotatable bonds is 3. The van der Waals surface area contributed by atoms with E-state index in [1.54, 1.807) is 12.1 Å². The van der Waals surface area contributed by atoms with E-state index in [9.17, 15) is 4.79 Å². The third-order valence-corrected chi connectivity index (χ3v) is 4.15. The van der Waals surface area contributed by atoms with Crippen LogP contribution in [0.1, 0.15) is 16.1 Å². The first-order valence-corrected chi connectivity index (χ1v) is 7.68. The third kappa shape index (κ3) is 2.87. The van der Waals surface area contributed by atoms with Crippen molar-refractivity contribution in [2.45, 2.75) is 6.92 Å². The Morgan fingerprint density at radius 1 is 1.17 bits per heavy atom. The van der Waals surface area contributed by atoms with Gasteiger partial charge >= 0.3 is 0 Å². The van der Waals surface area contributed by atoms with Crippen LogP contribution in [0, 0.1) is 6.92 Å². The van der Waals surface area contributed by atoms with E-state index in [2.05, 4.69) is 10.3 Å². The average molecular weight is 349 g/mol. The van der Waals surface area contributed by atoms with Gasteiger partial charge in [0.25, 0.3) is 5.91 Å². The maximum absolute atomic E-state index is 12.7. The summed E-state index contributed by atoms with van der Waals surface area (Å²) in [7, 11) is 1.45. The van der Waals surface area contributed by atoms with Gasteiger partial charge in [-0.2, -0.15) is 0 Å². The van der Waals surface area contributed by atoms with E-state index >= 15 is 0 Å². The van der Waals surface area contributed by atoms with Crippen LogP contribution < -0.4 is 10.1 Å². The number of amides is 1. The van der Waals surface area contributed by atoms with Crippen LogP contribution in [-0.4, -0.2) is 18.0 Å². The highest BCUT2D eigenvalue weighted by atomic mass is 35.5. The molecule has 0 saturated heterocycles. The monoisotopic (exact) mass is 348 g/mol. The Morgan fingerprint density at radius 2 is 1.91 bits per heavy atom. The molecule has 23 heavy (non-hydrogen) atoms. The van der Waals surface area contributed by atoms with Crippen molar-refractivity contribution in [1.82, 2.24) is 4.98 Å². The molecule has 0 aliphatic heterocycles. The zero-order valence-electron chi connectivity index (χ0n) is 12.5. The number of H-pyrrole nitrogens is 1. The second kappa shape index (κ2) is 6.14. The van der Waals surface area contributed by atoms with E-state index in [4.69, 9.17) is 27.9 Å². The van der Waals surface area contributed by atoms with Crippen LogP contribution in [0.25, 0.3) is 10.9 Å². The van der Waals surface area contributed by atoms with Crippen LogP contribution in [0.5, 0.6) is 5.75 Å². The molecule has 1 amide bonds. The zero-order valence-corrected chi connectivity index (χ0v) is 14.0. The molecule has 3 aromatic rings. The number of methoxy groups -OCH3 is 1. The molecular weight excluding hydrogens is 335 g/mol. The largest absolute Gasteiger partial charge is 0.494 e. The normalized spacial score (nSPS) is 10.8. The fraction of sp³-hybridized carbons (Fsp3) is 0.118. The van der Waals surface area contributed by atoms with Gasteiger partial charge in [-0.05, 0) is 37.3 Å². The summed E-state index contributed by atoms with van der Waals surface area (Å²) in [4.78, 5) is 15.9. The minimum absolute atomic E-state index is 0.214. The minimum Gasteiger partial charge on any atom is -0.494 e. The lowest BCUT2D eigenvalue weighted by molar-refractivity contribution is 0.102. The van der Waals surface area contributed by atoms with Crippen LogP contribution in [-0.2, 0) is 0 Å². The molecule has 0 aliphatic rings. The Hall–Kier alpha value is -2.17. The first-order valence-electron chi connectivity index (χ1n) is 6.93. The number of carbonyl (C=O) groups excluding carboxylic acids is 1. The van der Waals surface area contributed by atoms with Crippen molar-refractivity contribution in [2.24, 2.45) is 0 Å². The van der Waals surface area contributed by atoms with Gasteiger partial charge in [-0.1, -0.05) is 29.3 Å². The molecule has 3 rings (SSSR count). The smallest absolute Gasteiger partial charge is 0.261 e. The van der Waals surface area contributed by atoms with Gasteiger partial charge in [0.1, 0.15) is 5.56 Å². The lowest BCUT2D eigenvalue weighted by Crippen LogP contribution is -2.14. The first-order chi connectivity index (χ1) is 11.0. The van der Waals surface area contributed by atoms with Gasteiger partial charge in [0.15, 0.2) is 5.75 Å². The Morgan fingerprint density at radius 3 is 2.65 bits per heavy atom. The van der Waals surface area contributed by atoms with Crippen molar-refractivity contribution >= 4 is 45.7 Å². The summed E-state index contributed by atoms with van der Waals surface area (Å²) in [5.41, 5.74) is 2.87. The number of hydrogen-bond donors (Lipinski definition) is 2. The number of anilines is 1. The third-order valence-electron chi connectivity index (χ3n) is 3.54. The standard InChI is InChI=1S/C17H14Cl2N2O2/c1-9-8-10-13(20-9)4-3-5-14(10)21-17(22)15-11(18)6-7-12(19)16(15)23-2/h3-8,20H,1-2H3,(H,21,22). The van der Waals surface area contributed by atoms with Crippen LogP contribution in [0.15, 0.2) is 36.4 Å². The highest BCUT2D eigenvalue weighted by molar-refractivity contribution is 6.38. The van der Waals surface area contributed by atoms with E-state index in [0.29, 0.717) is 10.7 Å². The average Bonchev–Trinajstić information content (AvgIpc) is 2.90. The maximum atomic E-state index is 12.7. The van der Waals surface area contributed by atoms with Gasteiger partial charge in [-0.15, -0.1) is 0 Å². The predicted octanol–water partition coefficient (Wildman–Crippen LogP) is 5.04. The summed E-state index contributed by atoms with van der Waals surface area (Å²) >= 11 is 12.2. The number of ether oxygens (including phenoxy) is 1. The van der Waals surface area contributed by atoms with Crippen LogP contribution >= 0.6 is 23.2 Å². The molecule has 118 valence electrons. The second-order valence-corrected chi connectivity index (χ2v) is 5.93. The fourth-order valence-corrected chi connectivity index (χ4v) is 3.00. The van der Waals surface area contributed by atoms with Gasteiger partial charge in [0, 0.05) is 16.6 Å². The molecule has 4 nitrogen and oxygen atoms in total. The molecule has 0 aliphatic carbocycles. The van der Waals surface area contributed by atoms with Crippen molar-refractivity contribution in [2.75, 3.05) is 12.4 Å². The number of aryl methyl sites for hydroxylation is 1. The second-order valence-electron chi connectivity index (χ2n) is 5.11. The van der Waals surface area contributed by atoms with Crippen LogP contribution in [0.4, 0.5) is 5.69 Å². The minimum atomic E-state index is -0.374. The molecule has 0 spiro atoms. The molecule has 1 aromatic heterocycles. The van der Waals surface area contributed by atoms with E-state index in [1.807, 2.05) is 31.2 Å². The lowest BCUT2D eigenvalue weighted by Gasteiger charge is -2.13. The molecule has 0 unspecified atom stereocenters. The van der Waals surface area contributed by atoms with Gasteiger partial charge in [-0.25, -0.2) is 0 Å². The van der Waals surface area contributed by atoms with Gasteiger partial charge in [-0.3, -0.25) is 4.79 Å². The SMILES string of the molecule is COc1c(Cl)ccc(Cl)c1C(=O)Nc1cccc2[nH]c(C)cc12. The number of aromatic nitrogens is 1. The van der Waals surface area contributed by atoms with Crippen LogP contribution in [0.2, 0.25) is 10.0 Å². The number of aromatic amines is 1. The summed E-state index contributed by atoms with van der Waals surface area (Å²) in [6.07, 6.45) is 0. The summed E-state index contributed by atoms with van der Waals surface area (Å²) in [5.74, 6) is -0.116. The van der Waals surface area contributed by atoms with E-state index in [1.165, 1.54) is 7.11 Å². The number of fused-ring (bicyclic) bond motifs is 1. The molecule has 0 fully saturated rings. The van der Waals surface area contributed by atoms with E-state index < -0.39 is 0 Å². The fourth-order valence-electron chi connectivity index (χ4n) is 2.53. The van der Waals surface area contributed by atoms with E-state index in [0.717, 1.165) is 16.6 Å². The Balaban J connectivity index is 2.03. The van der Waals surface area contributed by atoms with Gasteiger partial charge in [0.05, 0.1) is 22.8 Å². The van der Waals surface area contributed by atoms with Crippen molar-refractivity contribution in [3.05, 3.63) is 57.7 Å². The molecule has 1 heterocycles. The Bertz CT molecular complexity index is 903. The van der Waals surface area contributed by atoms with Crippen molar-refractivity contribution < 1.29 is 9.53 Å². The number of carbonyl (C=O) groups is 1. The molecule has 2 N–H and O–H groups in total. The highest BCUT2D eigenvalue weighted by Gasteiger charge is 2.20. The first kappa shape index (κ1) is 15.7. The zero-order chi connectivity index (χ0) is 16.6. The molecular formula is C17H14Cl2N2O2. The summed E-state index contributed by atoms with van der Waals surface area (Å²) in [5, 5.41) is 4.41. The Labute approximate surface area is 143 Å². The quantitative estimate of drug-likeness (QED) is 0.696. The Kier molecular flexibility index (Phi) is 4.20. The van der Waals surface area contributed by atoms with Crippen molar-refractivity contribution in [3.63, 3.8) is 0 Å².